The molecule has 2 bridgehead atoms. The number of hydrogen-bond donors (Lipinski definition) is 2. The lowest BCUT2D eigenvalue weighted by atomic mass is 9.80. The predicted octanol–water partition coefficient (Wildman–Crippen LogP) is 5.50. The molecule has 2 aliphatic heterocycles. The van der Waals surface area contributed by atoms with Crippen LogP contribution in [0.1, 0.15) is 31.2 Å². The van der Waals surface area contributed by atoms with Crippen LogP contribution in [0.4, 0.5) is 37.3 Å². The van der Waals surface area contributed by atoms with Crippen molar-refractivity contribution in [1.29, 1.82) is 5.26 Å². The predicted molar refractivity (Wildman–Crippen MR) is 143 cm³/mol. The smallest absolute Gasteiger partial charge is 0.417 e. The van der Waals surface area contributed by atoms with Crippen LogP contribution in [-0.2, 0) is 6.18 Å². The number of alkyl halides is 4. The van der Waals surface area contributed by atoms with Gasteiger partial charge >= 0.3 is 12.2 Å². The number of nitrogens with two attached hydrogens (primary N) is 1. The molecule has 0 amide bonds. The van der Waals surface area contributed by atoms with Gasteiger partial charge in [0.05, 0.1) is 15.8 Å². The molecule has 2 aromatic carbocycles. The zero-order chi connectivity index (χ0) is 29.6. The molecule has 15 heteroatoms. The number of nitrogens with zero attached hydrogens (tertiary/aromatic N) is 5. The highest BCUT2D eigenvalue weighted by Gasteiger charge is 2.47. The molecule has 0 spiro atoms. The summed E-state index contributed by atoms with van der Waals surface area (Å²) in [6.45, 7) is 0.823. The lowest BCUT2D eigenvalue weighted by Crippen LogP contribution is -2.51. The van der Waals surface area contributed by atoms with E-state index in [2.05, 4.69) is 20.3 Å². The molecule has 2 atom stereocenters. The fourth-order valence-electron chi connectivity index (χ4n) is 6.12. The van der Waals surface area contributed by atoms with Crippen LogP contribution in [0.3, 0.4) is 0 Å². The molecular formula is C27H21F6N7OS. The number of halogens is 6. The second-order valence-electron chi connectivity index (χ2n) is 10.9. The Morgan fingerprint density at radius 2 is 1.81 bits per heavy atom. The fraction of sp³-hybridized carbons (Fsp3) is 0.407. The molecule has 2 aromatic heterocycles. The van der Waals surface area contributed by atoms with Gasteiger partial charge < -0.3 is 20.7 Å². The van der Waals surface area contributed by atoms with E-state index in [1.165, 1.54) is 0 Å². The summed E-state index contributed by atoms with van der Waals surface area (Å²) in [4.78, 5) is 14.3. The van der Waals surface area contributed by atoms with Crippen molar-refractivity contribution in [1.82, 2.24) is 20.3 Å². The van der Waals surface area contributed by atoms with E-state index in [0.29, 0.717) is 13.1 Å². The fourth-order valence-corrected chi connectivity index (χ4v) is 6.88. The minimum Gasteiger partial charge on any atom is -0.460 e. The Kier molecular flexibility index (Phi) is 5.97. The zero-order valence-electron chi connectivity index (χ0n) is 21.6. The van der Waals surface area contributed by atoms with Crippen LogP contribution in [0.25, 0.3) is 32.2 Å². The Labute approximate surface area is 238 Å². The number of nitrogens with one attached hydrogen (secondary N) is 1. The van der Waals surface area contributed by atoms with E-state index < -0.39 is 46.2 Å². The number of aromatic nitrogens is 3. The van der Waals surface area contributed by atoms with Gasteiger partial charge in [0, 0.05) is 54.5 Å². The Morgan fingerprint density at radius 1 is 1.10 bits per heavy atom. The van der Waals surface area contributed by atoms with Crippen molar-refractivity contribution in [3.05, 3.63) is 35.4 Å². The summed E-state index contributed by atoms with van der Waals surface area (Å²) in [5, 5.41) is 12.2. The van der Waals surface area contributed by atoms with Crippen molar-refractivity contribution >= 4 is 43.4 Å². The number of nitrogen functional groups attached to an aromatic ring is 1. The summed E-state index contributed by atoms with van der Waals surface area (Å²) in [5.41, 5.74) is 0.536. The van der Waals surface area contributed by atoms with Crippen LogP contribution in [0, 0.1) is 23.0 Å². The van der Waals surface area contributed by atoms with Crippen molar-refractivity contribution in [2.75, 3.05) is 23.7 Å². The van der Waals surface area contributed by atoms with Crippen LogP contribution >= 0.6 is 11.3 Å². The third kappa shape index (κ3) is 4.35. The van der Waals surface area contributed by atoms with Crippen molar-refractivity contribution < 1.29 is 31.1 Å². The van der Waals surface area contributed by atoms with Gasteiger partial charge in [-0.15, -0.1) is 0 Å². The number of benzene rings is 2. The third-order valence-electron chi connectivity index (χ3n) is 8.07. The highest BCUT2D eigenvalue weighted by molar-refractivity contribution is 7.22. The number of hydrogen-bond acceptors (Lipinski definition) is 9. The maximum absolute atomic E-state index is 16.6. The van der Waals surface area contributed by atoms with E-state index in [4.69, 9.17) is 15.7 Å². The highest BCUT2D eigenvalue weighted by Crippen LogP contribution is 2.46. The molecule has 3 aliphatic rings. The molecule has 4 heterocycles. The summed E-state index contributed by atoms with van der Waals surface area (Å²) in [5.74, 6) is -2.03. The van der Waals surface area contributed by atoms with Gasteiger partial charge in [-0.1, -0.05) is 11.3 Å². The normalized spacial score (nSPS) is 25.5. The number of nitriles is 1. The first-order valence-electron chi connectivity index (χ1n) is 13.2. The van der Waals surface area contributed by atoms with Gasteiger partial charge in [-0.05, 0) is 31.0 Å². The number of ether oxygens (including phenoxy) is 1. The monoisotopic (exact) mass is 605 g/mol. The Morgan fingerprint density at radius 3 is 2.48 bits per heavy atom. The third-order valence-corrected chi connectivity index (χ3v) is 8.96. The van der Waals surface area contributed by atoms with Crippen LogP contribution in [0.2, 0.25) is 0 Å². The van der Waals surface area contributed by atoms with Crippen LogP contribution in [0.15, 0.2) is 18.2 Å². The lowest BCUT2D eigenvalue weighted by molar-refractivity contribution is -0.137. The minimum atomic E-state index is -5.02. The van der Waals surface area contributed by atoms with Gasteiger partial charge in [-0.3, -0.25) is 0 Å². The first kappa shape index (κ1) is 27.0. The second-order valence-corrected chi connectivity index (χ2v) is 12.0. The summed E-state index contributed by atoms with van der Waals surface area (Å²) in [7, 11) is 0. The standard InChI is InChI=1S/C27H21F6N7OS/c28-17-4-3-14(21-22(17)42-24(35)37-21)18-16(27(31,32)33)5-15-20(19(18)29)38-25(41-13-6-26(30,7-13)10-34)39-23(15)40-8-11-1-2-12(9-40)36-11/h3-5,11-13,36H,1-2,6-9H2,(H2,35,37). The first-order chi connectivity index (χ1) is 19.9. The molecule has 4 aromatic rings. The van der Waals surface area contributed by atoms with E-state index in [1.54, 1.807) is 11.0 Å². The molecule has 1 aliphatic carbocycles. The van der Waals surface area contributed by atoms with Gasteiger partial charge in [0.2, 0.25) is 5.67 Å². The summed E-state index contributed by atoms with van der Waals surface area (Å²) in [6, 6.07) is 4.13. The van der Waals surface area contributed by atoms with E-state index >= 15 is 4.39 Å². The average molecular weight is 606 g/mol. The second kappa shape index (κ2) is 9.30. The van der Waals surface area contributed by atoms with Gasteiger partial charge in [0.25, 0.3) is 0 Å². The molecule has 3 fully saturated rings. The average Bonchev–Trinajstić information content (AvgIpc) is 3.48. The van der Waals surface area contributed by atoms with Crippen LogP contribution in [-0.4, -0.2) is 51.9 Å². The molecule has 8 nitrogen and oxygen atoms in total. The lowest BCUT2D eigenvalue weighted by Gasteiger charge is -2.36. The molecule has 42 heavy (non-hydrogen) atoms. The molecular weight excluding hydrogens is 584 g/mol. The SMILES string of the molecule is N#CC1(F)CC(Oc2nc(N3CC4CCC(C3)N4)c3cc(C(F)(F)F)c(-c4ccc(F)c5sc(N)nc45)c(F)c3n2)C1. The Balaban J connectivity index is 1.46. The van der Waals surface area contributed by atoms with Crippen LogP contribution in [0.5, 0.6) is 6.01 Å². The molecule has 218 valence electrons. The van der Waals surface area contributed by atoms with Gasteiger partial charge in [-0.2, -0.15) is 28.4 Å². The molecule has 3 N–H and O–H groups in total. The van der Waals surface area contributed by atoms with Gasteiger partial charge in [0.1, 0.15) is 29.3 Å². The Bertz CT molecular complexity index is 1790. The number of thiazole rings is 1. The number of piperazine rings is 1. The maximum atomic E-state index is 16.6. The summed E-state index contributed by atoms with van der Waals surface area (Å²) in [6.07, 6.45) is -4.56. The summed E-state index contributed by atoms with van der Waals surface area (Å²) < 4.78 is 94.7. The summed E-state index contributed by atoms with van der Waals surface area (Å²) >= 11 is 0.734. The topological polar surface area (TPSA) is 113 Å². The van der Waals surface area contributed by atoms with Crippen LogP contribution < -0.4 is 20.7 Å². The first-order valence-corrected chi connectivity index (χ1v) is 14.0. The molecule has 7 rings (SSSR count). The van der Waals surface area contributed by atoms with E-state index in [9.17, 15) is 22.0 Å². The van der Waals surface area contributed by atoms with Crippen molar-refractivity contribution in [2.45, 2.75) is 55.7 Å². The van der Waals surface area contributed by atoms with E-state index in [-0.39, 0.29) is 63.1 Å². The minimum absolute atomic E-state index is 0.0534. The zero-order valence-corrected chi connectivity index (χ0v) is 22.4. The number of anilines is 2. The quantitative estimate of drug-likeness (QED) is 0.294. The molecule has 2 saturated heterocycles. The molecule has 0 radical (unpaired) electrons. The van der Waals surface area contributed by atoms with Crippen molar-refractivity contribution in [3.8, 4) is 23.2 Å². The van der Waals surface area contributed by atoms with Crippen molar-refractivity contribution in [3.63, 3.8) is 0 Å². The van der Waals surface area contributed by atoms with Crippen molar-refractivity contribution in [2.24, 2.45) is 0 Å². The van der Waals surface area contributed by atoms with Gasteiger partial charge in [0.15, 0.2) is 10.9 Å². The van der Waals surface area contributed by atoms with E-state index in [1.807, 2.05) is 0 Å². The van der Waals surface area contributed by atoms with E-state index in [0.717, 1.165) is 42.4 Å². The molecule has 1 saturated carbocycles. The van der Waals surface area contributed by atoms with Gasteiger partial charge in [-0.25, -0.2) is 18.2 Å². The highest BCUT2D eigenvalue weighted by atomic mass is 32.1. The maximum Gasteiger partial charge on any atom is 0.417 e. The largest absolute Gasteiger partial charge is 0.460 e. The number of rotatable bonds is 4. The number of fused-ring (bicyclic) bond motifs is 4. The molecule has 2 unspecified atom stereocenters. The Hall–Kier alpha value is -3.90.